The molecule has 0 saturated carbocycles. The number of piperidine rings is 2. The van der Waals surface area contributed by atoms with Crippen molar-refractivity contribution in [2.75, 3.05) is 36.0 Å². The smallest absolute Gasteiger partial charge is 0.196 e. The molecule has 154 valence electrons. The third-order valence-electron chi connectivity index (χ3n) is 7.05. The van der Waals surface area contributed by atoms with E-state index in [1.807, 2.05) is 24.3 Å². The Morgan fingerprint density at radius 1 is 0.967 bits per heavy atom. The van der Waals surface area contributed by atoms with Gasteiger partial charge in [-0.2, -0.15) is 0 Å². The van der Waals surface area contributed by atoms with E-state index in [1.165, 1.54) is 32.1 Å². The number of anilines is 2. The molecule has 0 bridgehead atoms. The molecule has 3 aliphatic rings. The highest BCUT2D eigenvalue weighted by Crippen LogP contribution is 2.47. The van der Waals surface area contributed by atoms with Crippen molar-refractivity contribution in [1.29, 1.82) is 0 Å². The largest absolute Gasteiger partial charge is 0.371 e. The van der Waals surface area contributed by atoms with Crippen LogP contribution in [0.1, 0.15) is 54.9 Å². The fourth-order valence-corrected chi connectivity index (χ4v) is 5.56. The Morgan fingerprint density at radius 3 is 2.53 bits per heavy atom. The van der Waals surface area contributed by atoms with Crippen molar-refractivity contribution in [3.05, 3.63) is 41.5 Å². The molecule has 0 N–H and O–H groups in total. The van der Waals surface area contributed by atoms with E-state index in [2.05, 4.69) is 27.9 Å². The summed E-state index contributed by atoms with van der Waals surface area (Å²) in [5.74, 6) is 1.48. The maximum absolute atomic E-state index is 13.7. The normalized spacial score (nSPS) is 21.2. The van der Waals surface area contributed by atoms with Gasteiger partial charge in [0.2, 0.25) is 0 Å². The minimum absolute atomic E-state index is 0.102. The summed E-state index contributed by atoms with van der Waals surface area (Å²) in [5.41, 5.74) is 5.42. The lowest BCUT2D eigenvalue weighted by Gasteiger charge is -2.36. The van der Waals surface area contributed by atoms with Gasteiger partial charge in [-0.1, -0.05) is 36.3 Å². The number of fused-ring (bicyclic) bond motifs is 2. The van der Waals surface area contributed by atoms with Crippen molar-refractivity contribution in [3.63, 3.8) is 0 Å². The summed E-state index contributed by atoms with van der Waals surface area (Å²) in [6, 6.07) is 10.0. The molecule has 2 saturated heterocycles. The fourth-order valence-electron chi connectivity index (χ4n) is 5.56. The maximum Gasteiger partial charge on any atom is 0.196 e. The number of ketones is 1. The first kappa shape index (κ1) is 18.0. The van der Waals surface area contributed by atoms with Gasteiger partial charge < -0.3 is 14.3 Å². The molecule has 0 amide bonds. The van der Waals surface area contributed by atoms with Gasteiger partial charge in [-0.3, -0.25) is 4.79 Å². The number of hydrogen-bond donors (Lipinski definition) is 0. The zero-order valence-electron chi connectivity index (χ0n) is 17.5. The van der Waals surface area contributed by atoms with E-state index in [0.29, 0.717) is 5.92 Å². The van der Waals surface area contributed by atoms with Crippen molar-refractivity contribution in [2.24, 2.45) is 5.92 Å². The van der Waals surface area contributed by atoms with Crippen LogP contribution in [-0.4, -0.2) is 37.1 Å². The second kappa shape index (κ2) is 6.86. The van der Waals surface area contributed by atoms with E-state index in [9.17, 15) is 4.79 Å². The van der Waals surface area contributed by atoms with Gasteiger partial charge in [0.15, 0.2) is 11.5 Å². The van der Waals surface area contributed by atoms with E-state index in [-0.39, 0.29) is 5.78 Å². The predicted molar refractivity (Wildman–Crippen MR) is 120 cm³/mol. The van der Waals surface area contributed by atoms with Gasteiger partial charge in [-0.15, -0.1) is 0 Å². The molecule has 5 nitrogen and oxygen atoms in total. The van der Waals surface area contributed by atoms with Crippen LogP contribution in [0.15, 0.2) is 34.9 Å². The van der Waals surface area contributed by atoms with E-state index in [1.54, 1.807) is 0 Å². The highest BCUT2D eigenvalue weighted by Gasteiger charge is 2.35. The average Bonchev–Trinajstić information content (AvgIpc) is 3.23. The summed E-state index contributed by atoms with van der Waals surface area (Å²) in [6.07, 6.45) is 6.10. The highest BCUT2D eigenvalue weighted by atomic mass is 16.5. The van der Waals surface area contributed by atoms with Gasteiger partial charge >= 0.3 is 0 Å². The number of rotatable bonds is 2. The molecule has 3 heterocycles. The minimum atomic E-state index is 0.102. The summed E-state index contributed by atoms with van der Waals surface area (Å²) in [4.78, 5) is 18.6. The molecular formula is C25H27N3O2. The number of benzene rings is 2. The summed E-state index contributed by atoms with van der Waals surface area (Å²) in [7, 11) is 0. The standard InChI is InChI=1S/C25H27N3O2/c1-16-8-7-13-28(15-16)19-14-20(27-11-5-2-6-12-27)23-22-21(19)24(29)17-9-3-4-10-18(17)25(22)30-26-23/h3-4,9-10,14,16H,2,5-8,11-13,15H2,1H3/t16-/m0/s1. The third-order valence-corrected chi connectivity index (χ3v) is 7.05. The SMILES string of the molecule is C[C@H]1CCCN(c2cc(N3CCCCC3)c3noc4c3c2C(=O)c2ccccc2-4)C1. The van der Waals surface area contributed by atoms with Gasteiger partial charge in [0.25, 0.3) is 0 Å². The molecule has 6 rings (SSSR count). The molecule has 1 aliphatic carbocycles. The van der Waals surface area contributed by atoms with Crippen LogP contribution < -0.4 is 9.80 Å². The molecule has 0 unspecified atom stereocenters. The lowest BCUT2D eigenvalue weighted by molar-refractivity contribution is 0.104. The van der Waals surface area contributed by atoms with Gasteiger partial charge in [-0.05, 0) is 44.1 Å². The Labute approximate surface area is 176 Å². The van der Waals surface area contributed by atoms with Crippen LogP contribution in [-0.2, 0) is 0 Å². The van der Waals surface area contributed by atoms with Crippen LogP contribution in [0.3, 0.4) is 0 Å². The zero-order chi connectivity index (χ0) is 20.2. The number of carbonyl (C=O) groups excluding carboxylic acids is 1. The van der Waals surface area contributed by atoms with Crippen LogP contribution in [0.25, 0.3) is 22.2 Å². The van der Waals surface area contributed by atoms with E-state index >= 15 is 0 Å². The van der Waals surface area contributed by atoms with Crippen molar-refractivity contribution >= 4 is 28.1 Å². The van der Waals surface area contributed by atoms with E-state index in [4.69, 9.17) is 4.52 Å². The number of carbonyl (C=O) groups is 1. The summed E-state index contributed by atoms with van der Waals surface area (Å²) < 4.78 is 5.92. The Morgan fingerprint density at radius 2 is 1.73 bits per heavy atom. The van der Waals surface area contributed by atoms with Crippen LogP contribution in [0.4, 0.5) is 11.4 Å². The first-order valence-corrected chi connectivity index (χ1v) is 11.3. The molecule has 0 radical (unpaired) electrons. The van der Waals surface area contributed by atoms with Gasteiger partial charge in [0.1, 0.15) is 5.52 Å². The highest BCUT2D eigenvalue weighted by molar-refractivity contribution is 6.28. The average molecular weight is 402 g/mol. The Balaban J connectivity index is 1.63. The molecular weight excluding hydrogens is 374 g/mol. The maximum atomic E-state index is 13.7. The Hall–Kier alpha value is -2.82. The molecule has 30 heavy (non-hydrogen) atoms. The molecule has 2 aliphatic heterocycles. The molecule has 2 fully saturated rings. The van der Waals surface area contributed by atoms with Crippen molar-refractivity contribution < 1.29 is 9.32 Å². The van der Waals surface area contributed by atoms with Gasteiger partial charge in [0.05, 0.1) is 22.3 Å². The summed E-state index contributed by atoms with van der Waals surface area (Å²) in [6.45, 7) is 6.38. The van der Waals surface area contributed by atoms with E-state index in [0.717, 1.165) is 70.9 Å². The predicted octanol–water partition coefficient (Wildman–Crippen LogP) is 5.27. The molecule has 1 aromatic heterocycles. The molecule has 3 aromatic rings. The quantitative estimate of drug-likeness (QED) is 0.458. The number of hydrogen-bond acceptors (Lipinski definition) is 5. The molecule has 0 spiro atoms. The van der Waals surface area contributed by atoms with Crippen LogP contribution in [0, 0.1) is 5.92 Å². The minimum Gasteiger partial charge on any atom is -0.371 e. The number of nitrogens with zero attached hydrogens (tertiary/aromatic N) is 3. The lowest BCUT2D eigenvalue weighted by atomic mass is 9.85. The second-order valence-electron chi connectivity index (χ2n) is 9.14. The molecule has 5 heteroatoms. The van der Waals surface area contributed by atoms with Crippen LogP contribution >= 0.6 is 0 Å². The topological polar surface area (TPSA) is 49.6 Å². The van der Waals surface area contributed by atoms with E-state index < -0.39 is 0 Å². The first-order valence-electron chi connectivity index (χ1n) is 11.3. The first-order chi connectivity index (χ1) is 14.7. The Bertz CT molecular complexity index is 1140. The van der Waals surface area contributed by atoms with Gasteiger partial charge in [-0.25, -0.2) is 0 Å². The lowest BCUT2D eigenvalue weighted by Crippen LogP contribution is -2.36. The van der Waals surface area contributed by atoms with Crippen molar-refractivity contribution in [3.8, 4) is 11.3 Å². The molecule has 2 aromatic carbocycles. The Kier molecular flexibility index (Phi) is 4.12. The van der Waals surface area contributed by atoms with Crippen molar-refractivity contribution in [1.82, 2.24) is 5.16 Å². The molecule has 1 atom stereocenters. The third kappa shape index (κ3) is 2.60. The summed E-state index contributed by atoms with van der Waals surface area (Å²) >= 11 is 0. The zero-order valence-corrected chi connectivity index (χ0v) is 17.5. The fraction of sp³-hybridized carbons (Fsp3) is 0.440. The van der Waals surface area contributed by atoms with Crippen LogP contribution in [0.2, 0.25) is 0 Å². The number of aromatic nitrogens is 1. The van der Waals surface area contributed by atoms with Gasteiger partial charge in [0, 0.05) is 37.3 Å². The monoisotopic (exact) mass is 401 g/mol. The summed E-state index contributed by atoms with van der Waals surface area (Å²) in [5, 5.41) is 5.42. The van der Waals surface area contributed by atoms with Crippen LogP contribution in [0.5, 0.6) is 0 Å². The van der Waals surface area contributed by atoms with Crippen molar-refractivity contribution in [2.45, 2.75) is 39.0 Å². The second-order valence-corrected chi connectivity index (χ2v) is 9.14.